The molecular weight excluding hydrogens is 309 g/mol. The third-order valence-electron chi connectivity index (χ3n) is 4.20. The Kier molecular flexibility index (Phi) is 5.05. The highest BCUT2D eigenvalue weighted by Crippen LogP contribution is 2.20. The number of aliphatic hydroxyl groups excluding tert-OH is 1. The van der Waals surface area contributed by atoms with Crippen molar-refractivity contribution in [1.82, 2.24) is 9.88 Å². The van der Waals surface area contributed by atoms with Crippen LogP contribution in [0.25, 0.3) is 0 Å². The van der Waals surface area contributed by atoms with Crippen molar-refractivity contribution in [1.29, 1.82) is 0 Å². The van der Waals surface area contributed by atoms with Crippen LogP contribution in [-0.4, -0.2) is 47.1 Å². The second kappa shape index (κ2) is 7.40. The summed E-state index contributed by atoms with van der Waals surface area (Å²) < 4.78 is 13.9. The highest BCUT2D eigenvalue weighted by Gasteiger charge is 2.26. The molecule has 2 heterocycles. The Morgan fingerprint density at radius 1 is 1.08 bits per heavy atom. The molecule has 5 nitrogen and oxygen atoms in total. The van der Waals surface area contributed by atoms with E-state index in [1.165, 1.54) is 6.07 Å². The SMILES string of the molecule is O=C(C(O)c1ccccc1)N1CCCN(c2ncccc2F)CC1. The summed E-state index contributed by atoms with van der Waals surface area (Å²) in [6.45, 7) is 2.08. The van der Waals surface area contributed by atoms with Crippen molar-refractivity contribution in [2.24, 2.45) is 0 Å². The summed E-state index contributed by atoms with van der Waals surface area (Å²) in [4.78, 5) is 20.1. The largest absolute Gasteiger partial charge is 0.378 e. The number of amides is 1. The molecule has 0 saturated carbocycles. The average Bonchev–Trinajstić information content (AvgIpc) is 2.88. The predicted molar refractivity (Wildman–Crippen MR) is 89.0 cm³/mol. The molecule has 126 valence electrons. The fourth-order valence-corrected chi connectivity index (χ4v) is 2.91. The van der Waals surface area contributed by atoms with Gasteiger partial charge in [0.25, 0.3) is 5.91 Å². The van der Waals surface area contributed by atoms with Crippen molar-refractivity contribution in [2.45, 2.75) is 12.5 Å². The van der Waals surface area contributed by atoms with Crippen LogP contribution in [0.2, 0.25) is 0 Å². The first-order valence-electron chi connectivity index (χ1n) is 8.04. The first-order valence-corrected chi connectivity index (χ1v) is 8.04. The summed E-state index contributed by atoms with van der Waals surface area (Å²) in [7, 11) is 0. The number of pyridine rings is 1. The lowest BCUT2D eigenvalue weighted by Gasteiger charge is -2.24. The van der Waals surface area contributed by atoms with Gasteiger partial charge in [-0.15, -0.1) is 0 Å². The molecule has 3 rings (SSSR count). The maximum absolute atomic E-state index is 13.9. The standard InChI is InChI=1S/C18H20FN3O2/c19-15-8-4-9-20-17(15)21-10-5-11-22(13-12-21)18(24)16(23)14-6-2-1-3-7-14/h1-4,6-9,16,23H,5,10-13H2. The first kappa shape index (κ1) is 16.4. The van der Waals surface area contributed by atoms with Gasteiger partial charge in [-0.2, -0.15) is 0 Å². The monoisotopic (exact) mass is 329 g/mol. The van der Waals surface area contributed by atoms with Gasteiger partial charge in [-0.1, -0.05) is 30.3 Å². The van der Waals surface area contributed by atoms with Gasteiger partial charge in [0.15, 0.2) is 17.7 Å². The van der Waals surface area contributed by atoms with Crippen molar-refractivity contribution in [2.75, 3.05) is 31.1 Å². The third-order valence-corrected chi connectivity index (χ3v) is 4.20. The van der Waals surface area contributed by atoms with Gasteiger partial charge in [-0.05, 0) is 24.1 Å². The van der Waals surface area contributed by atoms with Crippen LogP contribution in [0.5, 0.6) is 0 Å². The summed E-state index contributed by atoms with van der Waals surface area (Å²) in [6.07, 6.45) is 1.10. The molecular formula is C18H20FN3O2. The van der Waals surface area contributed by atoms with Crippen LogP contribution in [0.1, 0.15) is 18.1 Å². The van der Waals surface area contributed by atoms with E-state index < -0.39 is 6.10 Å². The lowest BCUT2D eigenvalue weighted by Crippen LogP contribution is -2.38. The molecule has 1 fully saturated rings. The summed E-state index contributed by atoms with van der Waals surface area (Å²) in [6, 6.07) is 11.8. The Morgan fingerprint density at radius 3 is 2.62 bits per heavy atom. The number of aliphatic hydroxyl groups is 1. The molecule has 2 aromatic rings. The molecule has 6 heteroatoms. The highest BCUT2D eigenvalue weighted by atomic mass is 19.1. The van der Waals surface area contributed by atoms with E-state index in [0.29, 0.717) is 44.0 Å². The number of hydrogen-bond acceptors (Lipinski definition) is 4. The lowest BCUT2D eigenvalue weighted by molar-refractivity contribution is -0.140. The number of hydrogen-bond donors (Lipinski definition) is 1. The molecule has 1 aromatic carbocycles. The topological polar surface area (TPSA) is 56.7 Å². The summed E-state index contributed by atoms with van der Waals surface area (Å²) in [5.41, 5.74) is 0.583. The van der Waals surface area contributed by atoms with Crippen LogP contribution in [0.4, 0.5) is 10.2 Å². The number of nitrogens with zero attached hydrogens (tertiary/aromatic N) is 3. The van der Waals surface area contributed by atoms with Crippen LogP contribution in [-0.2, 0) is 4.79 Å². The number of anilines is 1. The van der Waals surface area contributed by atoms with E-state index in [1.54, 1.807) is 41.4 Å². The maximum atomic E-state index is 13.9. The molecule has 1 unspecified atom stereocenters. The van der Waals surface area contributed by atoms with Crippen molar-refractivity contribution in [3.8, 4) is 0 Å². The molecule has 0 radical (unpaired) electrons. The van der Waals surface area contributed by atoms with E-state index in [2.05, 4.69) is 4.98 Å². The summed E-state index contributed by atoms with van der Waals surface area (Å²) >= 11 is 0. The first-order chi connectivity index (χ1) is 11.7. The van der Waals surface area contributed by atoms with Crippen LogP contribution < -0.4 is 4.90 Å². The second-order valence-corrected chi connectivity index (χ2v) is 5.79. The molecule has 1 amide bonds. The molecule has 1 saturated heterocycles. The molecule has 1 N–H and O–H groups in total. The maximum Gasteiger partial charge on any atom is 0.256 e. The molecule has 1 aliphatic heterocycles. The van der Waals surface area contributed by atoms with Crippen LogP contribution >= 0.6 is 0 Å². The fraction of sp³-hybridized carbons (Fsp3) is 0.333. The van der Waals surface area contributed by atoms with Crippen molar-refractivity contribution in [3.63, 3.8) is 0 Å². The summed E-state index contributed by atoms with van der Waals surface area (Å²) in [5.74, 6) is -0.360. The minimum Gasteiger partial charge on any atom is -0.378 e. The van der Waals surface area contributed by atoms with Crippen molar-refractivity contribution >= 4 is 11.7 Å². The predicted octanol–water partition coefficient (Wildman–Crippen LogP) is 1.99. The zero-order valence-electron chi connectivity index (χ0n) is 13.3. The quantitative estimate of drug-likeness (QED) is 0.936. The van der Waals surface area contributed by atoms with Crippen LogP contribution in [0.3, 0.4) is 0 Å². The Morgan fingerprint density at radius 2 is 1.88 bits per heavy atom. The molecule has 0 aliphatic carbocycles. The van der Waals surface area contributed by atoms with Crippen molar-refractivity contribution < 1.29 is 14.3 Å². The Labute approximate surface area is 140 Å². The van der Waals surface area contributed by atoms with E-state index in [1.807, 2.05) is 11.0 Å². The molecule has 24 heavy (non-hydrogen) atoms. The Hall–Kier alpha value is -2.47. The lowest BCUT2D eigenvalue weighted by atomic mass is 10.1. The number of benzene rings is 1. The van der Waals surface area contributed by atoms with E-state index in [9.17, 15) is 14.3 Å². The van der Waals surface area contributed by atoms with E-state index in [0.717, 1.165) is 0 Å². The van der Waals surface area contributed by atoms with Crippen LogP contribution in [0.15, 0.2) is 48.7 Å². The van der Waals surface area contributed by atoms with E-state index in [4.69, 9.17) is 0 Å². The smallest absolute Gasteiger partial charge is 0.256 e. The average molecular weight is 329 g/mol. The molecule has 0 spiro atoms. The number of aromatic nitrogens is 1. The zero-order valence-corrected chi connectivity index (χ0v) is 13.3. The van der Waals surface area contributed by atoms with Gasteiger partial charge in [0.2, 0.25) is 0 Å². The van der Waals surface area contributed by atoms with Crippen LogP contribution in [0, 0.1) is 5.82 Å². The van der Waals surface area contributed by atoms with Gasteiger partial charge < -0.3 is 14.9 Å². The number of rotatable bonds is 3. The molecule has 1 aromatic heterocycles. The molecule has 0 bridgehead atoms. The fourth-order valence-electron chi connectivity index (χ4n) is 2.91. The van der Waals surface area contributed by atoms with Gasteiger partial charge >= 0.3 is 0 Å². The Bertz CT molecular complexity index is 696. The van der Waals surface area contributed by atoms with Gasteiger partial charge in [-0.25, -0.2) is 9.37 Å². The second-order valence-electron chi connectivity index (χ2n) is 5.79. The summed E-state index contributed by atoms with van der Waals surface area (Å²) in [5, 5.41) is 10.3. The van der Waals surface area contributed by atoms with Gasteiger partial charge in [0.05, 0.1) is 0 Å². The normalized spacial score (nSPS) is 16.6. The minimum absolute atomic E-state index is 0.315. The number of halogens is 1. The third kappa shape index (κ3) is 3.54. The van der Waals surface area contributed by atoms with E-state index >= 15 is 0 Å². The molecule has 1 aliphatic rings. The highest BCUT2D eigenvalue weighted by molar-refractivity contribution is 5.82. The van der Waals surface area contributed by atoms with Gasteiger partial charge in [-0.3, -0.25) is 4.79 Å². The number of carbonyl (C=O) groups excluding carboxylic acids is 1. The minimum atomic E-state index is -1.16. The van der Waals surface area contributed by atoms with E-state index in [-0.39, 0.29) is 11.7 Å². The zero-order chi connectivity index (χ0) is 16.9. The Balaban J connectivity index is 1.67. The van der Waals surface area contributed by atoms with Gasteiger partial charge in [0.1, 0.15) is 0 Å². The van der Waals surface area contributed by atoms with Crippen molar-refractivity contribution in [3.05, 3.63) is 60.0 Å². The molecule has 1 atom stereocenters. The van der Waals surface area contributed by atoms with Gasteiger partial charge in [0, 0.05) is 32.4 Å². The number of carbonyl (C=O) groups is 1.